The van der Waals surface area contributed by atoms with Crippen molar-refractivity contribution >= 4 is 33.6 Å². The Hall–Kier alpha value is -3.84. The van der Waals surface area contributed by atoms with Gasteiger partial charge >= 0.3 is 0 Å². The number of H-pyrrole nitrogens is 1. The Bertz CT molecular complexity index is 1280. The van der Waals surface area contributed by atoms with Crippen LogP contribution in [0.25, 0.3) is 32.9 Å². The number of amides is 2. The van der Waals surface area contributed by atoms with Gasteiger partial charge in [-0.3, -0.25) is 9.59 Å². The van der Waals surface area contributed by atoms with E-state index in [1.807, 2.05) is 36.4 Å². The van der Waals surface area contributed by atoms with Gasteiger partial charge in [0.1, 0.15) is 12.5 Å². The summed E-state index contributed by atoms with van der Waals surface area (Å²) in [5, 5.41) is 4.40. The standard InChI is InChI=1S/C23H21N3O4/c1-29-12-25-23(28)14-6-7-17-18-9-15(13-4-3-5-16(8-13)30-2)10-19(22(24)27)21(18)26-20(17)11-14/h3-11,26H,12H2,1-2H3,(H2,24,27)(H,25,28). The fourth-order valence-corrected chi connectivity index (χ4v) is 3.55. The molecule has 0 bridgehead atoms. The Kier molecular flexibility index (Phi) is 5.12. The lowest BCUT2D eigenvalue weighted by Gasteiger charge is -2.08. The number of aromatic amines is 1. The number of carbonyl (C=O) groups excluding carboxylic acids is 2. The van der Waals surface area contributed by atoms with E-state index >= 15 is 0 Å². The lowest BCUT2D eigenvalue weighted by atomic mass is 9.98. The smallest absolute Gasteiger partial charge is 0.253 e. The van der Waals surface area contributed by atoms with Gasteiger partial charge < -0.3 is 25.5 Å². The number of fused-ring (bicyclic) bond motifs is 3. The number of rotatable bonds is 6. The maximum absolute atomic E-state index is 12.2. The normalized spacial score (nSPS) is 11.0. The number of primary amides is 1. The van der Waals surface area contributed by atoms with Crippen LogP contribution in [0.4, 0.5) is 0 Å². The Balaban J connectivity index is 1.90. The van der Waals surface area contributed by atoms with Crippen LogP contribution in [-0.4, -0.2) is 37.7 Å². The molecule has 0 aliphatic heterocycles. The molecule has 1 heterocycles. The number of hydrogen-bond donors (Lipinski definition) is 3. The van der Waals surface area contributed by atoms with Crippen molar-refractivity contribution in [2.24, 2.45) is 5.73 Å². The SMILES string of the molecule is COCNC(=O)c1ccc2c(c1)[nH]c1c(C(N)=O)cc(-c3cccc(OC)c3)cc12. The molecule has 0 radical (unpaired) electrons. The molecule has 0 atom stereocenters. The van der Waals surface area contributed by atoms with E-state index in [4.69, 9.17) is 15.2 Å². The number of nitrogens with two attached hydrogens (primary N) is 1. The van der Waals surface area contributed by atoms with Gasteiger partial charge in [0, 0.05) is 29.0 Å². The molecule has 4 aromatic rings. The maximum Gasteiger partial charge on any atom is 0.253 e. The van der Waals surface area contributed by atoms with E-state index in [1.165, 1.54) is 7.11 Å². The summed E-state index contributed by atoms with van der Waals surface area (Å²) in [6.07, 6.45) is 0. The Morgan fingerprint density at radius 3 is 2.57 bits per heavy atom. The molecule has 4 N–H and O–H groups in total. The van der Waals surface area contributed by atoms with Crippen molar-refractivity contribution < 1.29 is 19.1 Å². The quantitative estimate of drug-likeness (QED) is 0.429. The molecule has 4 rings (SSSR count). The topological polar surface area (TPSA) is 106 Å². The summed E-state index contributed by atoms with van der Waals surface area (Å²) < 4.78 is 10.2. The first kappa shape index (κ1) is 19.5. The van der Waals surface area contributed by atoms with E-state index in [0.717, 1.165) is 33.2 Å². The first-order valence-electron chi connectivity index (χ1n) is 9.32. The van der Waals surface area contributed by atoms with Crippen molar-refractivity contribution in [2.45, 2.75) is 0 Å². The van der Waals surface area contributed by atoms with Crippen LogP contribution in [0.1, 0.15) is 20.7 Å². The van der Waals surface area contributed by atoms with Crippen LogP contribution in [0.3, 0.4) is 0 Å². The number of ether oxygens (including phenoxy) is 2. The van der Waals surface area contributed by atoms with Crippen LogP contribution in [0, 0.1) is 0 Å². The zero-order valence-corrected chi connectivity index (χ0v) is 16.6. The molecular weight excluding hydrogens is 382 g/mol. The molecule has 7 heteroatoms. The molecule has 0 saturated carbocycles. The third-order valence-corrected chi connectivity index (χ3v) is 5.02. The molecule has 152 valence electrons. The fraction of sp³-hybridized carbons (Fsp3) is 0.130. The van der Waals surface area contributed by atoms with Gasteiger partial charge in [0.05, 0.1) is 18.2 Å². The van der Waals surface area contributed by atoms with Crippen molar-refractivity contribution in [1.29, 1.82) is 0 Å². The molecule has 0 aliphatic carbocycles. The Morgan fingerprint density at radius 2 is 1.83 bits per heavy atom. The zero-order chi connectivity index (χ0) is 21.3. The van der Waals surface area contributed by atoms with E-state index in [-0.39, 0.29) is 12.6 Å². The van der Waals surface area contributed by atoms with Crippen molar-refractivity contribution in [3.05, 3.63) is 65.7 Å². The predicted molar refractivity (Wildman–Crippen MR) is 116 cm³/mol. The average Bonchev–Trinajstić information content (AvgIpc) is 3.14. The number of hydrogen-bond acceptors (Lipinski definition) is 4. The summed E-state index contributed by atoms with van der Waals surface area (Å²) in [6, 6.07) is 16.7. The van der Waals surface area contributed by atoms with Crippen LogP contribution < -0.4 is 15.8 Å². The molecule has 0 saturated heterocycles. The predicted octanol–water partition coefficient (Wildman–Crippen LogP) is 3.43. The summed E-state index contributed by atoms with van der Waals surface area (Å²) in [4.78, 5) is 27.7. The lowest BCUT2D eigenvalue weighted by molar-refractivity contribution is 0.0872. The van der Waals surface area contributed by atoms with Gasteiger partial charge in [-0.1, -0.05) is 18.2 Å². The zero-order valence-electron chi connectivity index (χ0n) is 16.6. The van der Waals surface area contributed by atoms with Gasteiger partial charge in [-0.05, 0) is 47.5 Å². The van der Waals surface area contributed by atoms with Crippen LogP contribution in [0.2, 0.25) is 0 Å². The van der Waals surface area contributed by atoms with Crippen molar-refractivity contribution in [3.63, 3.8) is 0 Å². The van der Waals surface area contributed by atoms with Gasteiger partial charge in [-0.25, -0.2) is 0 Å². The van der Waals surface area contributed by atoms with Gasteiger partial charge in [-0.2, -0.15) is 0 Å². The summed E-state index contributed by atoms with van der Waals surface area (Å²) in [7, 11) is 3.11. The number of methoxy groups -OCH3 is 2. The van der Waals surface area contributed by atoms with Crippen molar-refractivity contribution in [3.8, 4) is 16.9 Å². The Labute approximate surface area is 172 Å². The first-order valence-corrected chi connectivity index (χ1v) is 9.32. The monoisotopic (exact) mass is 403 g/mol. The second-order valence-corrected chi connectivity index (χ2v) is 6.87. The van der Waals surface area contributed by atoms with E-state index < -0.39 is 5.91 Å². The fourth-order valence-electron chi connectivity index (χ4n) is 3.55. The van der Waals surface area contributed by atoms with Gasteiger partial charge in [0.25, 0.3) is 11.8 Å². The van der Waals surface area contributed by atoms with Crippen LogP contribution in [0.15, 0.2) is 54.6 Å². The molecule has 0 spiro atoms. The highest BCUT2D eigenvalue weighted by molar-refractivity contribution is 6.17. The third kappa shape index (κ3) is 3.46. The highest BCUT2D eigenvalue weighted by Gasteiger charge is 2.16. The van der Waals surface area contributed by atoms with Crippen LogP contribution in [-0.2, 0) is 4.74 Å². The largest absolute Gasteiger partial charge is 0.497 e. The highest BCUT2D eigenvalue weighted by Crippen LogP contribution is 2.34. The third-order valence-electron chi connectivity index (χ3n) is 5.02. The molecule has 0 unspecified atom stereocenters. The van der Waals surface area contributed by atoms with Crippen molar-refractivity contribution in [1.82, 2.24) is 10.3 Å². The summed E-state index contributed by atoms with van der Waals surface area (Å²) in [5.41, 5.74) is 9.67. The highest BCUT2D eigenvalue weighted by atomic mass is 16.5. The van der Waals surface area contributed by atoms with Gasteiger partial charge in [-0.15, -0.1) is 0 Å². The summed E-state index contributed by atoms with van der Waals surface area (Å²) >= 11 is 0. The van der Waals surface area contributed by atoms with E-state index in [9.17, 15) is 9.59 Å². The minimum Gasteiger partial charge on any atom is -0.497 e. The minimum absolute atomic E-state index is 0.124. The maximum atomic E-state index is 12.2. The number of nitrogens with one attached hydrogen (secondary N) is 2. The van der Waals surface area contributed by atoms with E-state index in [0.29, 0.717) is 16.6 Å². The molecule has 1 aromatic heterocycles. The molecule has 2 amide bonds. The van der Waals surface area contributed by atoms with Crippen LogP contribution in [0.5, 0.6) is 5.75 Å². The average molecular weight is 403 g/mol. The molecule has 7 nitrogen and oxygen atoms in total. The molecule has 0 aliphatic rings. The Morgan fingerprint density at radius 1 is 1.00 bits per heavy atom. The molecule has 0 fully saturated rings. The van der Waals surface area contributed by atoms with E-state index in [2.05, 4.69) is 10.3 Å². The second kappa shape index (κ2) is 7.88. The van der Waals surface area contributed by atoms with E-state index in [1.54, 1.807) is 25.3 Å². The molecular formula is C23H21N3O4. The molecule has 3 aromatic carbocycles. The number of aromatic nitrogens is 1. The lowest BCUT2D eigenvalue weighted by Crippen LogP contribution is -2.25. The summed E-state index contributed by atoms with van der Waals surface area (Å²) in [5.74, 6) is -0.0576. The van der Waals surface area contributed by atoms with Crippen LogP contribution >= 0.6 is 0 Å². The first-order chi connectivity index (χ1) is 14.5. The number of carbonyl (C=O) groups is 2. The van der Waals surface area contributed by atoms with Gasteiger partial charge in [0.2, 0.25) is 0 Å². The van der Waals surface area contributed by atoms with Gasteiger partial charge in [0.15, 0.2) is 0 Å². The second-order valence-electron chi connectivity index (χ2n) is 6.87. The molecule has 30 heavy (non-hydrogen) atoms. The summed E-state index contributed by atoms with van der Waals surface area (Å²) in [6.45, 7) is 0.124. The minimum atomic E-state index is -0.533. The van der Waals surface area contributed by atoms with Crippen molar-refractivity contribution in [2.75, 3.05) is 21.0 Å². The number of benzene rings is 3.